The molecular weight excluding hydrogens is 386 g/mol. The van der Waals surface area contributed by atoms with Gasteiger partial charge in [0.05, 0.1) is 23.5 Å². The first-order valence-electron chi connectivity index (χ1n) is 11.5. The SMILES string of the molecule is Cc1nn(-c2ccccc2)c2c1C[C@](C#N)(c1nnc3n1CCCCC3)[C@@H]1CCCN21. The number of nitriles is 1. The molecule has 0 unspecified atom stereocenters. The summed E-state index contributed by atoms with van der Waals surface area (Å²) in [7, 11) is 0. The molecule has 1 aromatic carbocycles. The molecule has 0 saturated carbocycles. The number of rotatable bonds is 2. The Morgan fingerprint density at radius 2 is 1.94 bits per heavy atom. The van der Waals surface area contributed by atoms with Crippen LogP contribution in [0.2, 0.25) is 0 Å². The highest BCUT2D eigenvalue weighted by atomic mass is 15.4. The standard InChI is InChI=1S/C24H27N7/c1-17-19-15-24(16-25,23-27-26-21-12-6-3-7-13-30(21)23)20-11-8-14-29(20)22(19)31(28-17)18-9-4-2-5-10-18/h2,4-5,9-10,20H,3,6-8,11-15H2,1H3/t20-,24+/m0/s1. The lowest BCUT2D eigenvalue weighted by Crippen LogP contribution is -2.53. The number of hydrogen-bond acceptors (Lipinski definition) is 5. The van der Waals surface area contributed by atoms with E-state index in [1.165, 1.54) is 12.0 Å². The van der Waals surface area contributed by atoms with Crippen molar-refractivity contribution in [2.24, 2.45) is 0 Å². The summed E-state index contributed by atoms with van der Waals surface area (Å²) in [5.74, 6) is 3.09. The van der Waals surface area contributed by atoms with Gasteiger partial charge in [0.2, 0.25) is 0 Å². The van der Waals surface area contributed by atoms with Crippen molar-refractivity contribution >= 4 is 5.82 Å². The van der Waals surface area contributed by atoms with Gasteiger partial charge in [-0.1, -0.05) is 24.6 Å². The molecule has 3 aliphatic heterocycles. The van der Waals surface area contributed by atoms with Gasteiger partial charge in [-0.15, -0.1) is 10.2 Å². The lowest BCUT2D eigenvalue weighted by molar-refractivity contribution is 0.369. The van der Waals surface area contributed by atoms with Gasteiger partial charge in [0.15, 0.2) is 5.82 Å². The first-order chi connectivity index (χ1) is 15.2. The summed E-state index contributed by atoms with van der Waals surface area (Å²) in [5, 5.41) is 24.8. The Morgan fingerprint density at radius 3 is 2.77 bits per heavy atom. The minimum Gasteiger partial charge on any atom is -0.351 e. The van der Waals surface area contributed by atoms with Crippen LogP contribution in [-0.2, 0) is 24.8 Å². The maximum atomic E-state index is 10.7. The molecule has 2 atom stereocenters. The average molecular weight is 414 g/mol. The molecule has 7 nitrogen and oxygen atoms in total. The molecule has 0 N–H and O–H groups in total. The van der Waals surface area contributed by atoms with Crippen molar-refractivity contribution in [1.82, 2.24) is 24.5 Å². The molecule has 0 spiro atoms. The summed E-state index contributed by atoms with van der Waals surface area (Å²) in [4.78, 5) is 2.44. The summed E-state index contributed by atoms with van der Waals surface area (Å²) in [5.41, 5.74) is 2.56. The fourth-order valence-corrected chi connectivity index (χ4v) is 5.93. The second kappa shape index (κ2) is 6.94. The zero-order valence-electron chi connectivity index (χ0n) is 18.0. The van der Waals surface area contributed by atoms with Gasteiger partial charge in [-0.25, -0.2) is 4.68 Å². The van der Waals surface area contributed by atoms with Crippen molar-refractivity contribution < 1.29 is 0 Å². The highest BCUT2D eigenvalue weighted by Crippen LogP contribution is 2.48. The number of para-hydroxylation sites is 1. The van der Waals surface area contributed by atoms with E-state index < -0.39 is 5.41 Å². The summed E-state index contributed by atoms with van der Waals surface area (Å²) in [6.07, 6.45) is 7.17. The monoisotopic (exact) mass is 413 g/mol. The van der Waals surface area contributed by atoms with Crippen molar-refractivity contribution in [1.29, 1.82) is 5.26 Å². The smallest absolute Gasteiger partial charge is 0.156 e. The predicted molar refractivity (Wildman–Crippen MR) is 117 cm³/mol. The maximum absolute atomic E-state index is 10.7. The second-order valence-corrected chi connectivity index (χ2v) is 9.15. The van der Waals surface area contributed by atoms with E-state index in [2.05, 4.69) is 49.5 Å². The topological polar surface area (TPSA) is 75.6 Å². The van der Waals surface area contributed by atoms with Crippen LogP contribution in [0.15, 0.2) is 30.3 Å². The van der Waals surface area contributed by atoms with Crippen LogP contribution in [0, 0.1) is 18.3 Å². The van der Waals surface area contributed by atoms with Crippen molar-refractivity contribution in [2.75, 3.05) is 11.4 Å². The van der Waals surface area contributed by atoms with Crippen LogP contribution in [0.4, 0.5) is 5.82 Å². The van der Waals surface area contributed by atoms with Crippen LogP contribution >= 0.6 is 0 Å². The Morgan fingerprint density at radius 1 is 1.06 bits per heavy atom. The third-order valence-electron chi connectivity index (χ3n) is 7.42. The van der Waals surface area contributed by atoms with E-state index >= 15 is 0 Å². The van der Waals surface area contributed by atoms with Crippen molar-refractivity contribution in [2.45, 2.75) is 69.9 Å². The Hall–Kier alpha value is -3.14. The first-order valence-corrected chi connectivity index (χ1v) is 11.5. The second-order valence-electron chi connectivity index (χ2n) is 9.15. The Balaban J connectivity index is 1.54. The van der Waals surface area contributed by atoms with Crippen LogP contribution in [0.25, 0.3) is 5.69 Å². The Kier molecular flexibility index (Phi) is 4.17. The molecule has 0 aliphatic carbocycles. The van der Waals surface area contributed by atoms with E-state index in [-0.39, 0.29) is 6.04 Å². The van der Waals surface area contributed by atoms with Crippen molar-refractivity contribution in [3.63, 3.8) is 0 Å². The summed E-state index contributed by atoms with van der Waals surface area (Å²) < 4.78 is 4.35. The summed E-state index contributed by atoms with van der Waals surface area (Å²) >= 11 is 0. The summed E-state index contributed by atoms with van der Waals surface area (Å²) in [6, 6.07) is 13.2. The molecule has 5 heterocycles. The number of aryl methyl sites for hydroxylation is 2. The van der Waals surface area contributed by atoms with E-state index in [1.54, 1.807) is 0 Å². The van der Waals surface area contributed by atoms with Gasteiger partial charge in [0, 0.05) is 31.5 Å². The zero-order valence-corrected chi connectivity index (χ0v) is 18.0. The number of anilines is 1. The van der Waals surface area contributed by atoms with Crippen LogP contribution in [0.1, 0.15) is 55.0 Å². The molecule has 1 saturated heterocycles. The van der Waals surface area contributed by atoms with Gasteiger partial charge in [-0.3, -0.25) is 0 Å². The normalized spacial score (nSPS) is 24.8. The van der Waals surface area contributed by atoms with Crippen LogP contribution in [0.5, 0.6) is 0 Å². The Bertz CT molecular complexity index is 1170. The number of nitrogens with zero attached hydrogens (tertiary/aromatic N) is 7. The molecule has 6 rings (SSSR count). The molecule has 0 bridgehead atoms. The lowest BCUT2D eigenvalue weighted by Gasteiger charge is -2.43. The zero-order chi connectivity index (χ0) is 21.0. The average Bonchev–Trinajstić information content (AvgIpc) is 3.48. The van der Waals surface area contributed by atoms with E-state index in [0.29, 0.717) is 6.42 Å². The van der Waals surface area contributed by atoms with E-state index in [9.17, 15) is 5.26 Å². The van der Waals surface area contributed by atoms with E-state index in [1.807, 2.05) is 18.2 Å². The van der Waals surface area contributed by atoms with Crippen molar-refractivity contribution in [3.8, 4) is 11.8 Å². The molecule has 1 fully saturated rings. The molecule has 3 aliphatic rings. The molecule has 2 aromatic heterocycles. The molecule has 31 heavy (non-hydrogen) atoms. The van der Waals surface area contributed by atoms with Gasteiger partial charge in [-0.05, 0) is 44.7 Å². The van der Waals surface area contributed by atoms with Crippen LogP contribution in [-0.4, -0.2) is 37.1 Å². The van der Waals surface area contributed by atoms with Crippen LogP contribution in [0.3, 0.4) is 0 Å². The van der Waals surface area contributed by atoms with Crippen molar-refractivity contribution in [3.05, 3.63) is 53.2 Å². The molecule has 0 amide bonds. The third kappa shape index (κ3) is 2.60. The summed E-state index contributed by atoms with van der Waals surface area (Å²) in [6.45, 7) is 3.93. The van der Waals surface area contributed by atoms with Gasteiger partial charge in [-0.2, -0.15) is 10.4 Å². The molecular formula is C24H27N7. The number of fused-ring (bicyclic) bond motifs is 4. The van der Waals surface area contributed by atoms with E-state index in [4.69, 9.17) is 5.10 Å². The number of hydrogen-bond donors (Lipinski definition) is 0. The highest BCUT2D eigenvalue weighted by molar-refractivity contribution is 5.62. The van der Waals surface area contributed by atoms with Gasteiger partial charge >= 0.3 is 0 Å². The predicted octanol–water partition coefficient (Wildman–Crippen LogP) is 3.49. The highest BCUT2D eigenvalue weighted by Gasteiger charge is 2.55. The lowest BCUT2D eigenvalue weighted by atomic mass is 9.72. The van der Waals surface area contributed by atoms with E-state index in [0.717, 1.165) is 74.0 Å². The minimum absolute atomic E-state index is 0.0973. The van der Waals surface area contributed by atoms with Gasteiger partial charge in [0.1, 0.15) is 17.1 Å². The molecule has 3 aromatic rings. The fourth-order valence-electron chi connectivity index (χ4n) is 5.93. The first kappa shape index (κ1) is 18.6. The Labute approximate surface area is 182 Å². The molecule has 158 valence electrons. The number of benzene rings is 1. The maximum Gasteiger partial charge on any atom is 0.156 e. The number of aromatic nitrogens is 5. The molecule has 0 radical (unpaired) electrons. The largest absolute Gasteiger partial charge is 0.351 e. The molecule has 7 heteroatoms. The quantitative estimate of drug-likeness (QED) is 0.643. The van der Waals surface area contributed by atoms with Gasteiger partial charge in [0.25, 0.3) is 0 Å². The third-order valence-corrected chi connectivity index (χ3v) is 7.42. The van der Waals surface area contributed by atoms with Gasteiger partial charge < -0.3 is 9.47 Å². The fraction of sp³-hybridized carbons (Fsp3) is 0.500. The van der Waals surface area contributed by atoms with Crippen LogP contribution < -0.4 is 4.90 Å². The minimum atomic E-state index is -0.686.